The first kappa shape index (κ1) is 20.8. The van der Waals surface area contributed by atoms with Crippen LogP contribution in [0, 0.1) is 5.41 Å². The van der Waals surface area contributed by atoms with Gasteiger partial charge in [0.25, 0.3) is 20.2 Å². The fraction of sp³-hybridized carbons (Fsp3) is 1.00. The van der Waals surface area contributed by atoms with Crippen LogP contribution in [0.3, 0.4) is 0 Å². The summed E-state index contributed by atoms with van der Waals surface area (Å²) >= 11 is 0. The molecule has 0 N–H and O–H groups in total. The van der Waals surface area contributed by atoms with Crippen LogP contribution in [0.1, 0.15) is 52.9 Å². The Labute approximate surface area is 129 Å². The summed E-state index contributed by atoms with van der Waals surface area (Å²) in [7, 11) is -7.09. The molecule has 1 atom stereocenters. The molecule has 0 aromatic carbocycles. The predicted octanol–water partition coefficient (Wildman–Crippen LogP) is 2.30. The van der Waals surface area contributed by atoms with Crippen LogP contribution >= 0.6 is 0 Å². The zero-order valence-electron chi connectivity index (χ0n) is 13.6. The van der Waals surface area contributed by atoms with Gasteiger partial charge >= 0.3 is 0 Å². The van der Waals surface area contributed by atoms with Crippen LogP contribution in [-0.4, -0.2) is 42.1 Å². The lowest BCUT2D eigenvalue weighted by Gasteiger charge is -2.26. The third-order valence-electron chi connectivity index (χ3n) is 3.12. The summed E-state index contributed by atoms with van der Waals surface area (Å²) in [5.74, 6) is 0. The van der Waals surface area contributed by atoms with Gasteiger partial charge in [0, 0.05) is 0 Å². The summed E-state index contributed by atoms with van der Waals surface area (Å²) in [6, 6.07) is 0. The molecule has 0 bridgehead atoms. The molecule has 0 aliphatic heterocycles. The van der Waals surface area contributed by atoms with Gasteiger partial charge in [-0.15, -0.1) is 0 Å². The standard InChI is InChI=1S/C13H28O6S2/c1-6-9-13(2,3)10-7-12(19-21(5,16)17)8-11-18-20(4,14)15/h12H,6-11H2,1-5H3/t12-/m0/s1. The van der Waals surface area contributed by atoms with Crippen molar-refractivity contribution in [1.29, 1.82) is 0 Å². The Morgan fingerprint density at radius 1 is 0.952 bits per heavy atom. The van der Waals surface area contributed by atoms with Crippen LogP contribution < -0.4 is 0 Å². The van der Waals surface area contributed by atoms with E-state index in [1.54, 1.807) is 0 Å². The van der Waals surface area contributed by atoms with Crippen LogP contribution in [0.5, 0.6) is 0 Å². The van der Waals surface area contributed by atoms with Gasteiger partial charge < -0.3 is 0 Å². The van der Waals surface area contributed by atoms with E-state index in [4.69, 9.17) is 4.18 Å². The molecule has 0 unspecified atom stereocenters. The third-order valence-corrected chi connectivity index (χ3v) is 4.33. The van der Waals surface area contributed by atoms with Crippen molar-refractivity contribution in [3.8, 4) is 0 Å². The van der Waals surface area contributed by atoms with Crippen molar-refractivity contribution in [3.05, 3.63) is 0 Å². The van der Waals surface area contributed by atoms with E-state index in [-0.39, 0.29) is 18.4 Å². The maximum absolute atomic E-state index is 11.3. The lowest BCUT2D eigenvalue weighted by Crippen LogP contribution is -2.23. The highest BCUT2D eigenvalue weighted by Gasteiger charge is 2.22. The number of hydrogen-bond acceptors (Lipinski definition) is 6. The molecule has 0 aliphatic rings. The molecule has 0 aliphatic carbocycles. The van der Waals surface area contributed by atoms with Crippen molar-refractivity contribution in [3.63, 3.8) is 0 Å². The van der Waals surface area contributed by atoms with Crippen molar-refractivity contribution in [2.45, 2.75) is 59.0 Å². The molecule has 0 saturated carbocycles. The molecule has 0 spiro atoms. The number of hydrogen-bond donors (Lipinski definition) is 0. The SMILES string of the molecule is CCCC(C)(C)CC[C@@H](CCOS(C)(=O)=O)OS(C)(=O)=O. The largest absolute Gasteiger partial charge is 0.270 e. The highest BCUT2D eigenvalue weighted by molar-refractivity contribution is 7.86. The molecule has 0 heterocycles. The minimum absolute atomic E-state index is 0.0762. The van der Waals surface area contributed by atoms with E-state index in [9.17, 15) is 16.8 Å². The molecule has 0 aromatic heterocycles. The molecule has 8 heteroatoms. The topological polar surface area (TPSA) is 86.7 Å². The van der Waals surface area contributed by atoms with Gasteiger partial charge in [-0.3, -0.25) is 8.37 Å². The van der Waals surface area contributed by atoms with Crippen LogP contribution in [0.2, 0.25) is 0 Å². The van der Waals surface area contributed by atoms with E-state index in [0.717, 1.165) is 31.8 Å². The van der Waals surface area contributed by atoms with Crippen molar-refractivity contribution in [1.82, 2.24) is 0 Å². The second-order valence-electron chi connectivity index (χ2n) is 6.19. The maximum Gasteiger partial charge on any atom is 0.264 e. The van der Waals surface area contributed by atoms with E-state index in [0.29, 0.717) is 6.42 Å². The lowest BCUT2D eigenvalue weighted by atomic mass is 9.82. The molecular formula is C13H28O6S2. The first-order chi connectivity index (χ1) is 9.35. The van der Waals surface area contributed by atoms with Gasteiger partial charge in [-0.2, -0.15) is 16.8 Å². The Balaban J connectivity index is 4.53. The summed E-state index contributed by atoms with van der Waals surface area (Å²) in [5.41, 5.74) is 0.103. The van der Waals surface area contributed by atoms with Gasteiger partial charge in [0.15, 0.2) is 0 Å². The maximum atomic E-state index is 11.3. The van der Waals surface area contributed by atoms with Gasteiger partial charge in [0.05, 0.1) is 25.2 Å². The molecule has 0 saturated heterocycles. The average molecular weight is 344 g/mol. The zero-order valence-corrected chi connectivity index (χ0v) is 15.2. The summed E-state index contributed by atoms with van der Waals surface area (Å²) in [6.45, 7) is 6.28. The highest BCUT2D eigenvalue weighted by atomic mass is 32.2. The summed E-state index contributed by atoms with van der Waals surface area (Å²) < 4.78 is 54.1. The average Bonchev–Trinajstić information content (AvgIpc) is 2.22. The Morgan fingerprint density at radius 3 is 1.95 bits per heavy atom. The van der Waals surface area contributed by atoms with E-state index in [2.05, 4.69) is 25.0 Å². The minimum Gasteiger partial charge on any atom is -0.270 e. The van der Waals surface area contributed by atoms with Gasteiger partial charge in [-0.05, 0) is 31.1 Å². The molecule has 0 amide bonds. The molecule has 128 valence electrons. The molecule has 21 heavy (non-hydrogen) atoms. The second-order valence-corrected chi connectivity index (χ2v) is 9.43. The monoisotopic (exact) mass is 344 g/mol. The van der Waals surface area contributed by atoms with Crippen molar-refractivity contribution < 1.29 is 25.2 Å². The van der Waals surface area contributed by atoms with Crippen molar-refractivity contribution >= 4 is 20.2 Å². The Kier molecular flexibility index (Phi) is 8.38. The Morgan fingerprint density at radius 2 is 1.52 bits per heavy atom. The lowest BCUT2D eigenvalue weighted by molar-refractivity contribution is 0.141. The van der Waals surface area contributed by atoms with Gasteiger partial charge in [-0.1, -0.05) is 27.2 Å². The quantitative estimate of drug-likeness (QED) is 0.535. The van der Waals surface area contributed by atoms with Crippen LogP contribution in [0.15, 0.2) is 0 Å². The van der Waals surface area contributed by atoms with Crippen molar-refractivity contribution in [2.24, 2.45) is 5.41 Å². The zero-order chi connectivity index (χ0) is 16.7. The van der Waals surface area contributed by atoms with Crippen molar-refractivity contribution in [2.75, 3.05) is 19.1 Å². The first-order valence-corrected chi connectivity index (χ1v) is 10.7. The summed E-state index contributed by atoms with van der Waals surface area (Å²) in [4.78, 5) is 0. The van der Waals surface area contributed by atoms with E-state index >= 15 is 0 Å². The van der Waals surface area contributed by atoms with Crippen LogP contribution in [0.25, 0.3) is 0 Å². The summed E-state index contributed by atoms with van der Waals surface area (Å²) in [5, 5.41) is 0. The fourth-order valence-corrected chi connectivity index (χ4v) is 3.26. The molecule has 0 rings (SSSR count). The highest BCUT2D eigenvalue weighted by Crippen LogP contribution is 2.30. The fourth-order valence-electron chi connectivity index (χ4n) is 2.17. The molecular weight excluding hydrogens is 316 g/mol. The number of rotatable bonds is 11. The minimum atomic E-state index is -3.57. The van der Waals surface area contributed by atoms with Gasteiger partial charge in [0.2, 0.25) is 0 Å². The Bertz CT molecular complexity index is 493. The van der Waals surface area contributed by atoms with Gasteiger partial charge in [0.1, 0.15) is 0 Å². The molecule has 6 nitrogen and oxygen atoms in total. The molecule has 0 fully saturated rings. The second kappa shape index (κ2) is 8.45. The van der Waals surface area contributed by atoms with E-state index < -0.39 is 26.3 Å². The van der Waals surface area contributed by atoms with E-state index in [1.165, 1.54) is 0 Å². The normalized spacial score (nSPS) is 15.1. The van der Waals surface area contributed by atoms with Gasteiger partial charge in [-0.25, -0.2) is 0 Å². The van der Waals surface area contributed by atoms with E-state index in [1.807, 2.05) is 0 Å². The van der Waals surface area contributed by atoms with Crippen LogP contribution in [-0.2, 0) is 28.6 Å². The van der Waals surface area contributed by atoms with Crippen LogP contribution in [0.4, 0.5) is 0 Å². The first-order valence-electron chi connectivity index (χ1n) is 7.07. The summed E-state index contributed by atoms with van der Waals surface area (Å²) in [6.07, 6.45) is 5.08. The Hall–Kier alpha value is -0.180. The molecule has 0 aromatic rings. The smallest absolute Gasteiger partial charge is 0.264 e. The molecule has 0 radical (unpaired) electrons. The predicted molar refractivity (Wildman–Crippen MR) is 83.1 cm³/mol. The third kappa shape index (κ3) is 13.2.